The van der Waals surface area contributed by atoms with Crippen LogP contribution in [0.1, 0.15) is 67.7 Å². The smallest absolute Gasteiger partial charge is 0.258 e. The highest BCUT2D eigenvalue weighted by atomic mass is 16.6. The number of rotatable bonds is 16. The van der Waals surface area contributed by atoms with Crippen molar-refractivity contribution in [2.45, 2.75) is 116 Å². The van der Waals surface area contributed by atoms with Crippen LogP contribution >= 0.6 is 0 Å². The van der Waals surface area contributed by atoms with Crippen LogP contribution in [0.25, 0.3) is 0 Å². The van der Waals surface area contributed by atoms with Crippen LogP contribution in [0.4, 0.5) is 0 Å². The molecule has 7 N–H and O–H groups in total. The molecule has 3 saturated heterocycles. The molecule has 0 aromatic rings. The fraction of sp³-hybridized carbons (Fsp3) is 0.558. The number of ether oxygens (including phenoxy) is 3. The maximum absolute atomic E-state index is 13.3. The highest BCUT2D eigenvalue weighted by Gasteiger charge is 2.54. The van der Waals surface area contributed by atoms with Crippen LogP contribution in [0, 0.1) is 17.3 Å². The van der Waals surface area contributed by atoms with E-state index in [4.69, 9.17) is 14.2 Å². The Morgan fingerprint density at radius 1 is 1.04 bits per heavy atom. The van der Waals surface area contributed by atoms with E-state index in [0.29, 0.717) is 12.0 Å². The van der Waals surface area contributed by atoms with Gasteiger partial charge in [0.2, 0.25) is 5.91 Å². The molecule has 56 heavy (non-hydrogen) atoms. The fourth-order valence-electron chi connectivity index (χ4n) is 7.21. The van der Waals surface area contributed by atoms with Gasteiger partial charge in [-0.1, -0.05) is 101 Å². The summed E-state index contributed by atoms with van der Waals surface area (Å²) in [5.41, 5.74) is 0.209. The maximum atomic E-state index is 13.3. The second-order valence-corrected chi connectivity index (χ2v) is 15.2. The summed E-state index contributed by atoms with van der Waals surface area (Å²) in [7, 11) is 1.55. The van der Waals surface area contributed by atoms with Gasteiger partial charge in [0.15, 0.2) is 11.6 Å². The molecule has 13 heteroatoms. The van der Waals surface area contributed by atoms with Gasteiger partial charge in [-0.2, -0.15) is 0 Å². The minimum Gasteiger partial charge on any atom is -0.507 e. The zero-order valence-corrected chi connectivity index (χ0v) is 33.8. The van der Waals surface area contributed by atoms with E-state index < -0.39 is 77.4 Å². The SMILES string of the molecule is C/C=C\C=C\C1OC(O)([C@H](CC)C(=O)NC/C=C/C=C(\C)[C@@H](OC)[C@@H](C)C2OC(/C=C/C=C/C=C(\C)C(O)=C3C(=O)CCNC3=O)[C@H](O)[C@@H]2O)CC(O)C1(C)C. The first-order valence-corrected chi connectivity index (χ1v) is 19.2. The summed E-state index contributed by atoms with van der Waals surface area (Å²) in [6.07, 6.45) is 15.0. The molecule has 10 atom stereocenters. The van der Waals surface area contributed by atoms with Gasteiger partial charge in [-0.25, -0.2) is 0 Å². The highest BCUT2D eigenvalue weighted by molar-refractivity contribution is 6.21. The van der Waals surface area contributed by atoms with Crippen molar-refractivity contribution in [2.75, 3.05) is 20.2 Å². The zero-order chi connectivity index (χ0) is 41.8. The largest absolute Gasteiger partial charge is 0.507 e. The van der Waals surface area contributed by atoms with Crippen LogP contribution < -0.4 is 10.6 Å². The number of hydrogen-bond donors (Lipinski definition) is 7. The van der Waals surface area contributed by atoms with E-state index in [0.717, 1.165) is 5.57 Å². The Balaban J connectivity index is 1.58. The first-order chi connectivity index (χ1) is 26.4. The molecule has 0 bridgehead atoms. The molecule has 3 heterocycles. The van der Waals surface area contributed by atoms with Gasteiger partial charge in [0.25, 0.3) is 5.91 Å². The van der Waals surface area contributed by atoms with Crippen molar-refractivity contribution in [2.24, 2.45) is 17.3 Å². The third-order valence-electron chi connectivity index (χ3n) is 10.8. The summed E-state index contributed by atoms with van der Waals surface area (Å²) in [4.78, 5) is 37.4. The van der Waals surface area contributed by atoms with E-state index >= 15 is 0 Å². The van der Waals surface area contributed by atoms with Gasteiger partial charge in [0.1, 0.15) is 29.6 Å². The molecule has 13 nitrogen and oxygen atoms in total. The zero-order valence-electron chi connectivity index (χ0n) is 33.8. The Kier molecular flexibility index (Phi) is 17.4. The predicted octanol–water partition coefficient (Wildman–Crippen LogP) is 3.73. The van der Waals surface area contributed by atoms with Gasteiger partial charge < -0.3 is 50.4 Å². The van der Waals surface area contributed by atoms with Crippen LogP contribution in [-0.2, 0) is 28.6 Å². The number of aliphatic hydroxyl groups is 5. The van der Waals surface area contributed by atoms with Gasteiger partial charge in [-0.05, 0) is 38.3 Å². The number of nitrogens with one attached hydrogen (secondary N) is 2. The molecule has 0 saturated carbocycles. The summed E-state index contributed by atoms with van der Waals surface area (Å²) >= 11 is 0. The van der Waals surface area contributed by atoms with E-state index in [1.807, 2.05) is 52.8 Å². The normalized spacial score (nSPS) is 31.9. The molecular weight excluding hydrogens is 720 g/mol. The number of methoxy groups -OCH3 is 1. The monoisotopic (exact) mass is 782 g/mol. The van der Waals surface area contributed by atoms with E-state index in [-0.39, 0.29) is 43.2 Å². The average molecular weight is 783 g/mol. The second-order valence-electron chi connectivity index (χ2n) is 15.2. The van der Waals surface area contributed by atoms with Crippen LogP contribution in [-0.4, -0.2) is 112 Å². The quantitative estimate of drug-likeness (QED) is 0.0521. The Bertz CT molecular complexity index is 1620. The summed E-state index contributed by atoms with van der Waals surface area (Å²) in [6.45, 7) is 13.1. The first-order valence-electron chi connectivity index (χ1n) is 19.2. The number of aliphatic hydroxyl groups excluding tert-OH is 4. The molecule has 0 aliphatic carbocycles. The molecule has 0 radical (unpaired) electrons. The standard InChI is InChI=1S/C43H62N2O11/c1-9-11-13-21-33-42(6,7)32(47)25-43(53,56-33)29(10-2)40(51)44-23-17-16-19-27(4)38(54-8)28(5)39-37(50)36(49)31(55-39)20-15-12-14-18-26(3)35(48)34-30(46)22-24-45-41(34)52/h9,11-21,28-29,31-33,36-39,47-50,53H,10,22-25H2,1-8H3,(H,44,51)(H,45,52)/b11-9-,14-12+,17-16+,20-15+,21-13+,26-18+,27-19+,35-34?/t28-,29-,31?,32?,33?,36+,37+,38-,39?,43?/m1/s1. The van der Waals surface area contributed by atoms with Crippen molar-refractivity contribution < 1.29 is 54.1 Å². The molecule has 0 aromatic heterocycles. The molecule has 310 valence electrons. The summed E-state index contributed by atoms with van der Waals surface area (Å²) in [5.74, 6) is -4.94. The minimum atomic E-state index is -1.86. The molecule has 3 fully saturated rings. The van der Waals surface area contributed by atoms with Crippen molar-refractivity contribution in [1.82, 2.24) is 10.6 Å². The van der Waals surface area contributed by atoms with Gasteiger partial charge in [0, 0.05) is 44.4 Å². The molecule has 3 aliphatic heterocycles. The number of allylic oxidation sites excluding steroid dienone is 10. The fourth-order valence-corrected chi connectivity index (χ4v) is 7.21. The van der Waals surface area contributed by atoms with Gasteiger partial charge in [-0.15, -0.1) is 0 Å². The molecule has 5 unspecified atom stereocenters. The number of ketones is 1. The predicted molar refractivity (Wildman–Crippen MR) is 213 cm³/mol. The van der Waals surface area contributed by atoms with Crippen LogP contribution in [0.3, 0.4) is 0 Å². The van der Waals surface area contributed by atoms with E-state index in [2.05, 4.69) is 10.6 Å². The Labute approximate surface area is 330 Å². The number of amides is 2. The van der Waals surface area contributed by atoms with Crippen molar-refractivity contribution in [3.63, 3.8) is 0 Å². The van der Waals surface area contributed by atoms with Crippen LogP contribution in [0.2, 0.25) is 0 Å². The molecule has 0 spiro atoms. The third-order valence-corrected chi connectivity index (χ3v) is 10.8. The second kappa shape index (κ2) is 21.0. The van der Waals surface area contributed by atoms with Crippen LogP contribution in [0.15, 0.2) is 95.4 Å². The molecule has 3 rings (SSSR count). The first kappa shape index (κ1) is 46.4. The Morgan fingerprint density at radius 3 is 2.38 bits per heavy atom. The van der Waals surface area contributed by atoms with Gasteiger partial charge in [-0.3, -0.25) is 14.4 Å². The lowest BCUT2D eigenvalue weighted by Gasteiger charge is -2.50. The minimum absolute atomic E-state index is 0.102. The number of carbonyl (C=O) groups is 3. The maximum Gasteiger partial charge on any atom is 0.258 e. The number of piperidine rings is 1. The average Bonchev–Trinajstić information content (AvgIpc) is 3.42. The number of hydrogen-bond acceptors (Lipinski definition) is 11. The van der Waals surface area contributed by atoms with Crippen molar-refractivity contribution in [3.8, 4) is 0 Å². The van der Waals surface area contributed by atoms with Crippen molar-refractivity contribution >= 4 is 17.6 Å². The third kappa shape index (κ3) is 11.3. The van der Waals surface area contributed by atoms with Crippen molar-refractivity contribution in [1.29, 1.82) is 0 Å². The van der Waals surface area contributed by atoms with E-state index in [1.165, 1.54) is 0 Å². The molecule has 0 aromatic carbocycles. The van der Waals surface area contributed by atoms with Crippen molar-refractivity contribution in [3.05, 3.63) is 95.4 Å². The number of Topliss-reactive ketones (excluding diaryl/α,β-unsaturated/α-hetero) is 1. The Morgan fingerprint density at radius 2 is 1.73 bits per heavy atom. The van der Waals surface area contributed by atoms with Crippen LogP contribution in [0.5, 0.6) is 0 Å². The topological polar surface area (TPSA) is 204 Å². The number of carbonyl (C=O) groups excluding carboxylic acids is 3. The lowest BCUT2D eigenvalue weighted by atomic mass is 9.72. The summed E-state index contributed by atoms with van der Waals surface area (Å²) < 4.78 is 18.0. The van der Waals surface area contributed by atoms with E-state index in [9.17, 15) is 39.9 Å². The summed E-state index contributed by atoms with van der Waals surface area (Å²) in [6, 6.07) is 0. The molecule has 2 amide bonds. The van der Waals surface area contributed by atoms with Gasteiger partial charge >= 0.3 is 0 Å². The highest BCUT2D eigenvalue weighted by Crippen LogP contribution is 2.44. The molecule has 3 aliphatic rings. The lowest BCUT2D eigenvalue weighted by Crippen LogP contribution is -2.60. The Hall–Kier alpha value is -3.95. The lowest BCUT2D eigenvalue weighted by molar-refractivity contribution is -0.314. The van der Waals surface area contributed by atoms with Gasteiger partial charge in [0.05, 0.1) is 30.3 Å². The molecular formula is C43H62N2O11. The summed E-state index contributed by atoms with van der Waals surface area (Å²) in [5, 5.41) is 59.9. The van der Waals surface area contributed by atoms with E-state index in [1.54, 1.807) is 75.6 Å².